The number of carbonyl (C=O) groups excluding carboxylic acids is 1. The number of esters is 1. The summed E-state index contributed by atoms with van der Waals surface area (Å²) in [6, 6.07) is 9.09. The number of hydrogen-bond donors (Lipinski definition) is 1. The van der Waals surface area contributed by atoms with E-state index in [1.165, 1.54) is 12.1 Å². The largest absolute Gasteiger partial charge is 0.464 e. The van der Waals surface area contributed by atoms with E-state index in [9.17, 15) is 9.18 Å². The molecule has 2 aromatic rings. The smallest absolute Gasteiger partial charge is 0.339 e. The number of rotatable bonds is 5. The van der Waals surface area contributed by atoms with Crippen LogP contribution in [0.3, 0.4) is 0 Å². The third kappa shape index (κ3) is 3.44. The summed E-state index contributed by atoms with van der Waals surface area (Å²) in [6.45, 7) is 3.63. The third-order valence-electron chi connectivity index (χ3n) is 2.99. The van der Waals surface area contributed by atoms with Crippen LogP contribution in [0.1, 0.15) is 19.6 Å². The van der Waals surface area contributed by atoms with Crippen molar-refractivity contribution in [2.45, 2.75) is 19.4 Å². The average Bonchev–Trinajstić information content (AvgIpc) is 2.89. The van der Waals surface area contributed by atoms with Gasteiger partial charge in [0.05, 0.1) is 6.61 Å². The Morgan fingerprint density at radius 1 is 1.33 bits per heavy atom. The van der Waals surface area contributed by atoms with E-state index in [4.69, 9.17) is 9.15 Å². The molecule has 0 spiro atoms. The van der Waals surface area contributed by atoms with E-state index in [0.717, 1.165) is 0 Å². The quantitative estimate of drug-likeness (QED) is 0.821. The molecule has 4 nitrogen and oxygen atoms in total. The van der Waals surface area contributed by atoms with Gasteiger partial charge in [0.25, 0.3) is 0 Å². The Balaban J connectivity index is 2.36. The van der Waals surface area contributed by atoms with E-state index in [0.29, 0.717) is 16.1 Å². The minimum Gasteiger partial charge on any atom is -0.464 e. The molecule has 2 rings (SSSR count). The Morgan fingerprint density at radius 2 is 2.00 bits per heavy atom. The molecule has 0 aliphatic heterocycles. The predicted molar refractivity (Wildman–Crippen MR) is 80.4 cm³/mol. The molecule has 1 N–H and O–H groups in total. The molecule has 0 amide bonds. The van der Waals surface area contributed by atoms with Crippen molar-refractivity contribution in [1.29, 1.82) is 0 Å². The van der Waals surface area contributed by atoms with Gasteiger partial charge in [-0.25, -0.2) is 9.18 Å². The predicted octanol–water partition coefficient (Wildman–Crippen LogP) is 4.07. The highest BCUT2D eigenvalue weighted by atomic mass is 79.9. The number of hydrogen-bond acceptors (Lipinski definition) is 4. The first kappa shape index (κ1) is 15.6. The molecular formula is C15H15BrFNO3. The summed E-state index contributed by atoms with van der Waals surface area (Å²) in [5.74, 6) is -0.424. The van der Waals surface area contributed by atoms with E-state index in [1.54, 1.807) is 38.1 Å². The summed E-state index contributed by atoms with van der Waals surface area (Å²) >= 11 is 3.21. The van der Waals surface area contributed by atoms with Crippen molar-refractivity contribution in [3.05, 3.63) is 52.6 Å². The maximum Gasteiger partial charge on any atom is 0.339 e. The number of ether oxygens (including phenoxy) is 1. The summed E-state index contributed by atoms with van der Waals surface area (Å²) < 4.78 is 24.1. The standard InChI is InChI=1S/C15H15BrFNO3/c1-3-20-14(19)15(2,12-8-9-13(16)21-12)18-11-6-4-10(17)5-7-11/h4-9,18H,3H2,1-2H3. The number of halogens is 2. The lowest BCUT2D eigenvalue weighted by Crippen LogP contribution is -2.41. The summed E-state index contributed by atoms with van der Waals surface area (Å²) in [5, 5.41) is 3.04. The molecule has 112 valence electrons. The molecule has 0 radical (unpaired) electrons. The number of nitrogens with one attached hydrogen (secondary N) is 1. The molecule has 0 fully saturated rings. The summed E-state index contributed by atoms with van der Waals surface area (Å²) in [4.78, 5) is 12.3. The molecule has 1 unspecified atom stereocenters. The molecular weight excluding hydrogens is 341 g/mol. The molecule has 21 heavy (non-hydrogen) atoms. The first-order chi connectivity index (χ1) is 9.95. The normalized spacial score (nSPS) is 13.5. The summed E-state index contributed by atoms with van der Waals surface area (Å²) in [7, 11) is 0. The first-order valence-electron chi connectivity index (χ1n) is 6.42. The minimum atomic E-state index is -1.21. The second-order valence-corrected chi connectivity index (χ2v) is 5.36. The van der Waals surface area contributed by atoms with Crippen LogP contribution in [-0.4, -0.2) is 12.6 Å². The number of furan rings is 1. The Bertz CT molecular complexity index is 626. The van der Waals surface area contributed by atoms with Gasteiger partial charge in [-0.2, -0.15) is 0 Å². The van der Waals surface area contributed by atoms with Crippen molar-refractivity contribution in [2.75, 3.05) is 11.9 Å². The minimum absolute atomic E-state index is 0.251. The highest BCUT2D eigenvalue weighted by molar-refractivity contribution is 9.10. The highest BCUT2D eigenvalue weighted by Crippen LogP contribution is 2.30. The van der Waals surface area contributed by atoms with Gasteiger partial charge in [-0.1, -0.05) is 0 Å². The first-order valence-corrected chi connectivity index (χ1v) is 7.22. The van der Waals surface area contributed by atoms with Gasteiger partial charge in [0.2, 0.25) is 0 Å². The van der Waals surface area contributed by atoms with Crippen LogP contribution in [0.5, 0.6) is 0 Å². The zero-order valence-corrected chi connectivity index (χ0v) is 13.2. The van der Waals surface area contributed by atoms with Crippen LogP contribution in [0, 0.1) is 5.82 Å². The van der Waals surface area contributed by atoms with Crippen molar-refractivity contribution in [3.8, 4) is 0 Å². The fraction of sp³-hybridized carbons (Fsp3) is 0.267. The molecule has 1 aromatic carbocycles. The van der Waals surface area contributed by atoms with Gasteiger partial charge in [0, 0.05) is 5.69 Å². The lowest BCUT2D eigenvalue weighted by atomic mass is 9.98. The van der Waals surface area contributed by atoms with Gasteiger partial charge in [0.1, 0.15) is 11.6 Å². The molecule has 1 heterocycles. The van der Waals surface area contributed by atoms with Crippen LogP contribution in [0.4, 0.5) is 10.1 Å². The lowest BCUT2D eigenvalue weighted by molar-refractivity contribution is -0.149. The van der Waals surface area contributed by atoms with Gasteiger partial charge in [-0.05, 0) is 66.2 Å². The monoisotopic (exact) mass is 355 g/mol. The molecule has 6 heteroatoms. The van der Waals surface area contributed by atoms with Crippen LogP contribution in [0.25, 0.3) is 0 Å². The van der Waals surface area contributed by atoms with E-state index >= 15 is 0 Å². The Labute approximate surface area is 130 Å². The molecule has 0 saturated carbocycles. The van der Waals surface area contributed by atoms with Crippen molar-refractivity contribution in [3.63, 3.8) is 0 Å². The summed E-state index contributed by atoms with van der Waals surface area (Å²) in [6.07, 6.45) is 0. The topological polar surface area (TPSA) is 51.5 Å². The zero-order valence-electron chi connectivity index (χ0n) is 11.7. The van der Waals surface area contributed by atoms with Gasteiger partial charge in [0.15, 0.2) is 10.2 Å². The Kier molecular flexibility index (Phi) is 4.67. The number of benzene rings is 1. The summed E-state index contributed by atoms with van der Waals surface area (Å²) in [5.41, 5.74) is -0.626. The molecule has 0 aliphatic rings. The van der Waals surface area contributed by atoms with E-state index < -0.39 is 11.5 Å². The van der Waals surface area contributed by atoms with Gasteiger partial charge < -0.3 is 14.5 Å². The third-order valence-corrected chi connectivity index (χ3v) is 3.41. The van der Waals surface area contributed by atoms with Gasteiger partial charge in [-0.3, -0.25) is 0 Å². The van der Waals surface area contributed by atoms with Crippen LogP contribution in [0.15, 0.2) is 45.5 Å². The molecule has 1 aromatic heterocycles. The van der Waals surface area contributed by atoms with Crippen LogP contribution >= 0.6 is 15.9 Å². The Morgan fingerprint density at radius 3 is 2.52 bits per heavy atom. The lowest BCUT2D eigenvalue weighted by Gasteiger charge is -2.27. The maximum absolute atomic E-state index is 13.0. The van der Waals surface area contributed by atoms with Crippen LogP contribution < -0.4 is 5.32 Å². The van der Waals surface area contributed by atoms with Crippen LogP contribution in [0.2, 0.25) is 0 Å². The van der Waals surface area contributed by atoms with E-state index in [-0.39, 0.29) is 12.4 Å². The zero-order chi connectivity index (χ0) is 15.5. The van der Waals surface area contributed by atoms with Crippen molar-refractivity contribution >= 4 is 27.6 Å². The second kappa shape index (κ2) is 6.30. The molecule has 0 aliphatic carbocycles. The second-order valence-electron chi connectivity index (χ2n) is 4.58. The fourth-order valence-electron chi connectivity index (χ4n) is 1.89. The fourth-order valence-corrected chi connectivity index (χ4v) is 2.20. The average molecular weight is 356 g/mol. The van der Waals surface area contributed by atoms with E-state index in [2.05, 4.69) is 21.2 Å². The van der Waals surface area contributed by atoms with Crippen LogP contribution in [-0.2, 0) is 15.1 Å². The van der Waals surface area contributed by atoms with E-state index in [1.807, 2.05) is 0 Å². The number of carbonyl (C=O) groups is 1. The number of anilines is 1. The highest BCUT2D eigenvalue weighted by Gasteiger charge is 2.40. The molecule has 0 saturated heterocycles. The van der Waals surface area contributed by atoms with Crippen molar-refractivity contribution in [1.82, 2.24) is 0 Å². The maximum atomic E-state index is 13.0. The SMILES string of the molecule is CCOC(=O)C(C)(Nc1ccc(F)cc1)c1ccc(Br)o1. The van der Waals surface area contributed by atoms with Gasteiger partial charge >= 0.3 is 5.97 Å². The molecule has 0 bridgehead atoms. The van der Waals surface area contributed by atoms with Crippen molar-refractivity contribution < 1.29 is 18.3 Å². The molecule has 1 atom stereocenters. The van der Waals surface area contributed by atoms with Gasteiger partial charge in [-0.15, -0.1) is 0 Å². The van der Waals surface area contributed by atoms with Crippen molar-refractivity contribution in [2.24, 2.45) is 0 Å². The Hall–Kier alpha value is -1.82.